The lowest BCUT2D eigenvalue weighted by atomic mass is 10.1. The van der Waals surface area contributed by atoms with Crippen LogP contribution < -0.4 is 0 Å². The van der Waals surface area contributed by atoms with Gasteiger partial charge >= 0.3 is 11.4 Å². The van der Waals surface area contributed by atoms with Crippen LogP contribution in [0.15, 0.2) is 64.4 Å². The van der Waals surface area contributed by atoms with Crippen molar-refractivity contribution in [2.75, 3.05) is 0 Å². The van der Waals surface area contributed by atoms with E-state index in [9.17, 15) is 31.5 Å². The van der Waals surface area contributed by atoms with Gasteiger partial charge in [-0.15, -0.1) is 0 Å². The van der Waals surface area contributed by atoms with Crippen LogP contribution in [0.1, 0.15) is 5.56 Å². The Kier molecular flexibility index (Phi) is 6.48. The highest BCUT2D eigenvalue weighted by atomic mass is 32.2. The molecule has 0 unspecified atom stereocenters. The lowest BCUT2D eigenvalue weighted by Crippen LogP contribution is -2.02. The second kappa shape index (κ2) is 8.51. The van der Waals surface area contributed by atoms with E-state index in [2.05, 4.69) is 4.98 Å². The van der Waals surface area contributed by atoms with Crippen LogP contribution in [0.5, 0.6) is 0 Å². The lowest BCUT2D eigenvalue weighted by Gasteiger charge is -2.11. The van der Waals surface area contributed by atoms with Gasteiger partial charge in [0.1, 0.15) is 15.0 Å². The van der Waals surface area contributed by atoms with E-state index in [1.165, 1.54) is 36.4 Å². The van der Waals surface area contributed by atoms with Gasteiger partial charge in [-0.25, -0.2) is 8.42 Å². The maximum atomic E-state index is 11.1. The summed E-state index contributed by atoms with van der Waals surface area (Å²) >= 11 is 0. The van der Waals surface area contributed by atoms with Gasteiger partial charge in [-0.1, -0.05) is 30.3 Å². The molecule has 30 heavy (non-hydrogen) atoms. The Morgan fingerprint density at radius 2 is 1.50 bits per heavy atom. The molecular weight excluding hydrogens is 438 g/mol. The van der Waals surface area contributed by atoms with Gasteiger partial charge in [0.15, 0.2) is 4.98 Å². The van der Waals surface area contributed by atoms with Crippen LogP contribution in [-0.4, -0.2) is 30.9 Å². The van der Waals surface area contributed by atoms with Gasteiger partial charge in [-0.2, -0.15) is 8.42 Å². The number of nitro benzene ring substituents is 1. The predicted molar refractivity (Wildman–Crippen MR) is 104 cm³/mol. The van der Waals surface area contributed by atoms with Gasteiger partial charge in [-0.05, 0) is 24.6 Å². The average molecular weight is 451 g/mol. The van der Waals surface area contributed by atoms with Gasteiger partial charge in [0.2, 0.25) is 5.39 Å². The highest BCUT2D eigenvalue weighted by molar-refractivity contribution is 7.86. The number of nitro groups is 1. The minimum atomic E-state index is -4.72. The second-order valence-electron chi connectivity index (χ2n) is 5.89. The third kappa shape index (κ3) is 5.13. The number of rotatable bonds is 3. The van der Waals surface area contributed by atoms with Crippen molar-refractivity contribution in [2.45, 2.75) is 16.7 Å². The summed E-state index contributed by atoms with van der Waals surface area (Å²) in [6.45, 7) is 1.73. The van der Waals surface area contributed by atoms with Gasteiger partial charge in [0.05, 0.1) is 9.82 Å². The van der Waals surface area contributed by atoms with Crippen LogP contribution in [0, 0.1) is 22.4 Å². The number of nitrogens with zero attached hydrogens (tertiary/aromatic N) is 3. The fourth-order valence-electron chi connectivity index (χ4n) is 2.56. The van der Waals surface area contributed by atoms with Crippen molar-refractivity contribution in [1.82, 2.24) is 0 Å². The van der Waals surface area contributed by atoms with E-state index in [1.807, 2.05) is 0 Å². The molecule has 0 saturated heterocycles. The van der Waals surface area contributed by atoms with Crippen molar-refractivity contribution in [3.05, 3.63) is 75.3 Å². The van der Waals surface area contributed by atoms with Crippen molar-refractivity contribution in [3.63, 3.8) is 0 Å². The van der Waals surface area contributed by atoms with E-state index in [0.717, 1.165) is 17.7 Å². The first-order valence-electron chi connectivity index (χ1n) is 7.91. The molecule has 0 aliphatic rings. The molecule has 0 atom stereocenters. The molecule has 0 aromatic heterocycles. The highest BCUT2D eigenvalue weighted by Gasteiger charge is 2.23. The summed E-state index contributed by atoms with van der Waals surface area (Å²) in [6.07, 6.45) is 0. The molecule has 3 rings (SSSR count). The molecule has 1 N–H and O–H groups in total. The molecule has 3 aromatic rings. The molecule has 0 spiro atoms. The number of aryl methyl sites for hydroxylation is 1. The molecule has 11 nitrogen and oxygen atoms in total. The maximum absolute atomic E-state index is 11.1. The third-order valence-electron chi connectivity index (χ3n) is 3.82. The molecule has 0 bridgehead atoms. The summed E-state index contributed by atoms with van der Waals surface area (Å²) in [6, 6.07) is 11.7. The van der Waals surface area contributed by atoms with Crippen molar-refractivity contribution in [3.8, 4) is 0 Å². The van der Waals surface area contributed by atoms with E-state index in [-0.39, 0.29) is 22.1 Å². The minimum Gasteiger partial charge on any atom is -0.744 e. The van der Waals surface area contributed by atoms with E-state index in [0.29, 0.717) is 0 Å². The summed E-state index contributed by atoms with van der Waals surface area (Å²) in [4.78, 5) is 11.6. The molecule has 0 saturated carbocycles. The van der Waals surface area contributed by atoms with Gasteiger partial charge in [0.25, 0.3) is 10.1 Å². The Labute approximate surface area is 170 Å². The monoisotopic (exact) mass is 451 g/mol. The van der Waals surface area contributed by atoms with Gasteiger partial charge in [0, 0.05) is 22.9 Å². The zero-order valence-corrected chi connectivity index (χ0v) is 16.8. The zero-order chi connectivity index (χ0) is 22.7. The highest BCUT2D eigenvalue weighted by Crippen LogP contribution is 2.28. The molecule has 0 aliphatic heterocycles. The zero-order valence-electron chi connectivity index (χ0n) is 15.2. The van der Waals surface area contributed by atoms with Gasteiger partial charge in [-0.3, -0.25) is 14.7 Å². The Morgan fingerprint density at radius 3 is 1.97 bits per heavy atom. The minimum absolute atomic E-state index is 0.0167. The van der Waals surface area contributed by atoms with E-state index in [1.54, 1.807) is 13.0 Å². The molecule has 3 aromatic carbocycles. The molecular formula is C17H13N3O8S2. The number of hydrogen-bond acceptors (Lipinski definition) is 8. The topological polar surface area (TPSA) is 183 Å². The Bertz CT molecular complexity index is 1320. The van der Waals surface area contributed by atoms with E-state index in [4.69, 9.17) is 9.95 Å². The second-order valence-corrected chi connectivity index (χ2v) is 8.62. The first-order chi connectivity index (χ1) is 13.9. The number of fused-ring (bicyclic) bond motifs is 1. The first-order valence-corrected chi connectivity index (χ1v) is 10.8. The SMILES string of the molecule is Cc1ccc([N+]#N)c([N+](=O)[O-])c1.O=S(=O)([O-])c1cccc2c(S(=O)(=O)O)cccc12. The molecule has 156 valence electrons. The molecule has 0 amide bonds. The summed E-state index contributed by atoms with van der Waals surface area (Å²) in [5.74, 6) is 0. The van der Waals surface area contributed by atoms with Crippen molar-refractivity contribution in [1.29, 1.82) is 5.39 Å². The standard InChI is InChI=1S/C10H8O6S2.C7H6N3O2/c11-17(12,13)9-5-1-3-7-8(9)4-2-6-10(7)18(14,15)16;1-5-2-3-6(9-8)7(4-5)10(11)12/h1-6H,(H,11,12,13)(H,14,15,16);2-4H,1H3/q;+1/p-1. The van der Waals surface area contributed by atoms with Crippen LogP contribution in [0.2, 0.25) is 0 Å². The van der Waals surface area contributed by atoms with Crippen molar-refractivity contribution in [2.24, 2.45) is 0 Å². The third-order valence-corrected chi connectivity index (χ3v) is 5.63. The number of hydrogen-bond donors (Lipinski definition) is 1. The van der Waals surface area contributed by atoms with Crippen LogP contribution in [0.25, 0.3) is 15.7 Å². The van der Waals surface area contributed by atoms with Crippen LogP contribution in [-0.2, 0) is 20.2 Å². The first kappa shape index (κ1) is 22.8. The summed E-state index contributed by atoms with van der Waals surface area (Å²) in [5, 5.41) is 18.7. The summed E-state index contributed by atoms with van der Waals surface area (Å²) in [5.41, 5.74) is 0.553. The Hall–Kier alpha value is -3.44. The number of diazo groups is 1. The quantitative estimate of drug-likeness (QED) is 0.270. The Balaban J connectivity index is 0.000000232. The maximum Gasteiger partial charge on any atom is 0.461 e. The van der Waals surface area contributed by atoms with E-state index >= 15 is 0 Å². The van der Waals surface area contributed by atoms with Crippen molar-refractivity contribution < 1.29 is 30.9 Å². The normalized spacial score (nSPS) is 11.3. The van der Waals surface area contributed by atoms with Crippen LogP contribution in [0.3, 0.4) is 0 Å². The van der Waals surface area contributed by atoms with Crippen LogP contribution >= 0.6 is 0 Å². The molecule has 0 fully saturated rings. The number of benzene rings is 3. The predicted octanol–water partition coefficient (Wildman–Crippen LogP) is 3.38. The molecule has 0 aliphatic carbocycles. The van der Waals surface area contributed by atoms with Crippen LogP contribution in [0.4, 0.5) is 11.4 Å². The molecule has 0 heterocycles. The van der Waals surface area contributed by atoms with E-state index < -0.39 is 35.0 Å². The molecule has 0 radical (unpaired) electrons. The fraction of sp³-hybridized carbons (Fsp3) is 0.0588. The van der Waals surface area contributed by atoms with Gasteiger partial charge < -0.3 is 4.55 Å². The van der Waals surface area contributed by atoms with Crippen molar-refractivity contribution >= 4 is 42.4 Å². The molecule has 13 heteroatoms. The summed E-state index contributed by atoms with van der Waals surface area (Å²) in [7, 11) is -9.21. The lowest BCUT2D eigenvalue weighted by molar-refractivity contribution is -0.383. The largest absolute Gasteiger partial charge is 0.744 e. The Morgan fingerprint density at radius 1 is 0.967 bits per heavy atom. The smallest absolute Gasteiger partial charge is 0.461 e. The summed E-state index contributed by atoms with van der Waals surface area (Å²) < 4.78 is 64.4. The average Bonchev–Trinajstić information content (AvgIpc) is 2.66. The fourth-order valence-corrected chi connectivity index (χ4v) is 3.96.